The topological polar surface area (TPSA) is 81.1 Å². The fourth-order valence-electron chi connectivity index (χ4n) is 2.09. The number of furan rings is 1. The lowest BCUT2D eigenvalue weighted by Gasteiger charge is -2.22. The van der Waals surface area contributed by atoms with E-state index in [1.807, 2.05) is 7.05 Å². The standard InChI is InChI=1S/C15H17N5O2/c1-11(8-12-9-16-5-6-17-12)20(2)10-14-18-15(19-22-14)13-4-3-7-21-13/h3-7,9,11H,8,10H2,1-2H3/t11-/m0/s1. The van der Waals surface area contributed by atoms with E-state index in [0.717, 1.165) is 12.1 Å². The summed E-state index contributed by atoms with van der Waals surface area (Å²) in [7, 11) is 2.01. The molecule has 7 heteroatoms. The summed E-state index contributed by atoms with van der Waals surface area (Å²) in [5, 5.41) is 3.93. The van der Waals surface area contributed by atoms with Crippen molar-refractivity contribution in [3.05, 3.63) is 48.6 Å². The minimum Gasteiger partial charge on any atom is -0.461 e. The van der Waals surface area contributed by atoms with Gasteiger partial charge in [0.1, 0.15) is 0 Å². The first-order valence-electron chi connectivity index (χ1n) is 7.04. The van der Waals surface area contributed by atoms with Crippen molar-refractivity contribution in [3.63, 3.8) is 0 Å². The number of nitrogens with zero attached hydrogens (tertiary/aromatic N) is 5. The summed E-state index contributed by atoms with van der Waals surface area (Å²) in [4.78, 5) is 14.8. The van der Waals surface area contributed by atoms with Crippen molar-refractivity contribution in [2.45, 2.75) is 25.9 Å². The molecule has 0 saturated heterocycles. The van der Waals surface area contributed by atoms with E-state index in [1.165, 1.54) is 0 Å². The van der Waals surface area contributed by atoms with Gasteiger partial charge in [-0.15, -0.1) is 0 Å². The fourth-order valence-corrected chi connectivity index (χ4v) is 2.09. The molecule has 0 aliphatic carbocycles. The summed E-state index contributed by atoms with van der Waals surface area (Å²) >= 11 is 0. The van der Waals surface area contributed by atoms with Gasteiger partial charge in [-0.25, -0.2) is 0 Å². The highest BCUT2D eigenvalue weighted by Gasteiger charge is 2.16. The first kappa shape index (κ1) is 14.4. The molecule has 0 bridgehead atoms. The molecule has 22 heavy (non-hydrogen) atoms. The Bertz CT molecular complexity index is 696. The molecule has 0 aromatic carbocycles. The Morgan fingerprint density at radius 3 is 2.95 bits per heavy atom. The highest BCUT2D eigenvalue weighted by atomic mass is 16.5. The van der Waals surface area contributed by atoms with Crippen molar-refractivity contribution in [1.29, 1.82) is 0 Å². The second-order valence-electron chi connectivity index (χ2n) is 5.15. The van der Waals surface area contributed by atoms with Gasteiger partial charge in [0.05, 0.1) is 18.5 Å². The molecule has 1 atom stereocenters. The van der Waals surface area contributed by atoms with Crippen molar-refractivity contribution in [2.75, 3.05) is 7.05 Å². The average Bonchev–Trinajstić information content (AvgIpc) is 3.19. The van der Waals surface area contributed by atoms with Gasteiger partial charge in [-0.1, -0.05) is 5.16 Å². The van der Waals surface area contributed by atoms with Crippen molar-refractivity contribution < 1.29 is 8.94 Å². The summed E-state index contributed by atoms with van der Waals surface area (Å²) in [5.74, 6) is 1.63. The van der Waals surface area contributed by atoms with E-state index in [4.69, 9.17) is 8.94 Å². The molecule has 114 valence electrons. The molecule has 0 radical (unpaired) electrons. The van der Waals surface area contributed by atoms with Gasteiger partial charge >= 0.3 is 0 Å². The molecule has 3 aromatic heterocycles. The number of likely N-dealkylation sites (N-methyl/N-ethyl adjacent to an activating group) is 1. The first-order valence-corrected chi connectivity index (χ1v) is 7.04. The van der Waals surface area contributed by atoms with E-state index >= 15 is 0 Å². The van der Waals surface area contributed by atoms with E-state index in [1.54, 1.807) is 37.0 Å². The van der Waals surface area contributed by atoms with Gasteiger partial charge in [-0.2, -0.15) is 4.98 Å². The number of rotatable bonds is 6. The third kappa shape index (κ3) is 3.37. The maximum absolute atomic E-state index is 5.27. The van der Waals surface area contributed by atoms with Crippen LogP contribution in [0.5, 0.6) is 0 Å². The molecule has 3 heterocycles. The zero-order valence-corrected chi connectivity index (χ0v) is 12.5. The van der Waals surface area contributed by atoms with Crippen molar-refractivity contribution >= 4 is 0 Å². The molecule has 0 saturated carbocycles. The van der Waals surface area contributed by atoms with E-state index < -0.39 is 0 Å². The predicted molar refractivity (Wildman–Crippen MR) is 78.7 cm³/mol. The summed E-state index contributed by atoms with van der Waals surface area (Å²) in [6.45, 7) is 2.69. The maximum atomic E-state index is 5.27. The largest absolute Gasteiger partial charge is 0.461 e. The first-order chi connectivity index (χ1) is 10.7. The lowest BCUT2D eigenvalue weighted by molar-refractivity contribution is 0.212. The van der Waals surface area contributed by atoms with Crippen LogP contribution in [0.25, 0.3) is 11.6 Å². The molecule has 0 aliphatic rings. The molecule has 7 nitrogen and oxygen atoms in total. The highest BCUT2D eigenvalue weighted by molar-refractivity contribution is 5.44. The maximum Gasteiger partial charge on any atom is 0.241 e. The normalized spacial score (nSPS) is 12.7. The Hall–Kier alpha value is -2.54. The van der Waals surface area contributed by atoms with Crippen LogP contribution in [-0.4, -0.2) is 38.1 Å². The third-order valence-corrected chi connectivity index (χ3v) is 3.47. The highest BCUT2D eigenvalue weighted by Crippen LogP contribution is 2.17. The third-order valence-electron chi connectivity index (χ3n) is 3.47. The predicted octanol–water partition coefficient (Wildman–Crippen LogP) is 2.18. The van der Waals surface area contributed by atoms with Crippen LogP contribution in [0, 0.1) is 0 Å². The van der Waals surface area contributed by atoms with Crippen LogP contribution >= 0.6 is 0 Å². The quantitative estimate of drug-likeness (QED) is 0.690. The monoisotopic (exact) mass is 299 g/mol. The summed E-state index contributed by atoms with van der Waals surface area (Å²) < 4.78 is 10.5. The van der Waals surface area contributed by atoms with Crippen molar-refractivity contribution in [1.82, 2.24) is 25.0 Å². The molecular formula is C15H17N5O2. The molecule has 0 amide bonds. The molecule has 3 aromatic rings. The van der Waals surface area contributed by atoms with Crippen molar-refractivity contribution in [2.24, 2.45) is 0 Å². The Morgan fingerprint density at radius 1 is 1.32 bits per heavy atom. The van der Waals surface area contributed by atoms with E-state index in [9.17, 15) is 0 Å². The van der Waals surface area contributed by atoms with Crippen molar-refractivity contribution in [3.8, 4) is 11.6 Å². The van der Waals surface area contributed by atoms with Crippen LogP contribution in [0.15, 0.2) is 45.9 Å². The zero-order chi connectivity index (χ0) is 15.4. The summed E-state index contributed by atoms with van der Waals surface area (Å²) in [5.41, 5.74) is 0.962. The molecular weight excluding hydrogens is 282 g/mol. The van der Waals surface area contributed by atoms with Crippen LogP contribution in [0.1, 0.15) is 18.5 Å². The Kier molecular flexibility index (Phi) is 4.24. The van der Waals surface area contributed by atoms with E-state index in [-0.39, 0.29) is 6.04 Å². The van der Waals surface area contributed by atoms with Crippen LogP contribution < -0.4 is 0 Å². The van der Waals surface area contributed by atoms with Gasteiger partial charge in [0.15, 0.2) is 5.76 Å². The van der Waals surface area contributed by atoms with Gasteiger partial charge < -0.3 is 8.94 Å². The lowest BCUT2D eigenvalue weighted by Crippen LogP contribution is -2.30. The van der Waals surface area contributed by atoms with Crippen LogP contribution in [0.3, 0.4) is 0 Å². The van der Waals surface area contributed by atoms with Gasteiger partial charge in [-0.05, 0) is 26.1 Å². The van der Waals surface area contributed by atoms with Crippen LogP contribution in [0.4, 0.5) is 0 Å². The van der Waals surface area contributed by atoms with Gasteiger partial charge in [0.2, 0.25) is 11.7 Å². The second kappa shape index (κ2) is 6.48. The summed E-state index contributed by atoms with van der Waals surface area (Å²) in [6.07, 6.45) is 7.55. The number of hydrogen-bond acceptors (Lipinski definition) is 7. The fraction of sp³-hybridized carbons (Fsp3) is 0.333. The second-order valence-corrected chi connectivity index (χ2v) is 5.15. The smallest absolute Gasteiger partial charge is 0.241 e. The molecule has 0 N–H and O–H groups in total. The molecule has 0 spiro atoms. The number of hydrogen-bond donors (Lipinski definition) is 0. The van der Waals surface area contributed by atoms with Gasteiger partial charge in [0.25, 0.3) is 0 Å². The molecule has 0 fully saturated rings. The molecule has 0 aliphatic heterocycles. The van der Waals surface area contributed by atoms with E-state index in [2.05, 4.69) is 31.9 Å². The summed E-state index contributed by atoms with van der Waals surface area (Å²) in [6, 6.07) is 3.87. The minimum absolute atomic E-state index is 0.274. The Labute approximate surface area is 128 Å². The minimum atomic E-state index is 0.274. The van der Waals surface area contributed by atoms with Crippen LogP contribution in [0.2, 0.25) is 0 Å². The molecule has 3 rings (SSSR count). The SMILES string of the molecule is C[C@@H](Cc1cnccn1)N(C)Cc1nc(-c2ccco2)no1. The van der Waals surface area contributed by atoms with E-state index in [0.29, 0.717) is 24.0 Å². The molecule has 0 unspecified atom stereocenters. The van der Waals surface area contributed by atoms with Gasteiger partial charge in [-0.3, -0.25) is 14.9 Å². The number of aromatic nitrogens is 4. The Morgan fingerprint density at radius 2 is 2.23 bits per heavy atom. The Balaban J connectivity index is 1.60. The van der Waals surface area contributed by atoms with Crippen LogP contribution in [-0.2, 0) is 13.0 Å². The zero-order valence-electron chi connectivity index (χ0n) is 12.5. The van der Waals surface area contributed by atoms with Gasteiger partial charge in [0, 0.05) is 31.1 Å². The average molecular weight is 299 g/mol. The lowest BCUT2D eigenvalue weighted by atomic mass is 10.1.